The molecule has 87 valence electrons. The number of hydrogen-bond donors (Lipinski definition) is 0. The van der Waals surface area contributed by atoms with Gasteiger partial charge >= 0.3 is 0 Å². The summed E-state index contributed by atoms with van der Waals surface area (Å²) < 4.78 is 10.7. The molecule has 0 bridgehead atoms. The van der Waals surface area contributed by atoms with Crippen molar-refractivity contribution in [3.05, 3.63) is 73.1 Å². The molecule has 0 N–H and O–H groups in total. The van der Waals surface area contributed by atoms with Crippen LogP contribution in [-0.4, -0.2) is 6.61 Å². The van der Waals surface area contributed by atoms with Crippen molar-refractivity contribution in [3.8, 4) is 5.75 Å². The summed E-state index contributed by atoms with van der Waals surface area (Å²) in [7, 11) is 0. The Morgan fingerprint density at radius 1 is 1.18 bits per heavy atom. The van der Waals surface area contributed by atoms with Gasteiger partial charge in [-0.25, -0.2) is 0 Å². The number of rotatable bonds is 6. The molecule has 0 saturated carbocycles. The van der Waals surface area contributed by atoms with Crippen LogP contribution < -0.4 is 4.74 Å². The summed E-state index contributed by atoms with van der Waals surface area (Å²) in [4.78, 5) is 0. The number of benzene rings is 1. The highest BCUT2D eigenvalue weighted by molar-refractivity contribution is 5.29. The van der Waals surface area contributed by atoms with Gasteiger partial charge in [-0.2, -0.15) is 0 Å². The first kappa shape index (κ1) is 11.5. The molecule has 2 rings (SSSR count). The molecule has 1 heterocycles. The second-order valence-corrected chi connectivity index (χ2v) is 3.67. The van der Waals surface area contributed by atoms with E-state index < -0.39 is 0 Å². The minimum atomic E-state index is 0.540. The maximum absolute atomic E-state index is 5.41. The van der Waals surface area contributed by atoms with E-state index in [0.717, 1.165) is 17.9 Å². The third-order valence-corrected chi connectivity index (χ3v) is 2.37. The smallest absolute Gasteiger partial charge is 0.119 e. The molecule has 0 aliphatic heterocycles. The van der Waals surface area contributed by atoms with Crippen LogP contribution in [0.25, 0.3) is 0 Å². The Hall–Kier alpha value is -1.96. The zero-order chi connectivity index (χ0) is 11.9. The summed E-state index contributed by atoms with van der Waals surface area (Å²) >= 11 is 0. The Morgan fingerprint density at radius 2 is 2.00 bits per heavy atom. The molecular weight excluding hydrogens is 212 g/mol. The lowest BCUT2D eigenvalue weighted by molar-refractivity contribution is 0.363. The van der Waals surface area contributed by atoms with Gasteiger partial charge in [-0.1, -0.05) is 24.8 Å². The van der Waals surface area contributed by atoms with Gasteiger partial charge in [0.05, 0.1) is 6.26 Å². The van der Waals surface area contributed by atoms with Crippen molar-refractivity contribution in [1.82, 2.24) is 0 Å². The minimum Gasteiger partial charge on any atom is -0.490 e. The molecule has 0 atom stereocenters. The van der Waals surface area contributed by atoms with Crippen molar-refractivity contribution in [1.29, 1.82) is 0 Å². The lowest BCUT2D eigenvalue weighted by Gasteiger charge is -2.04. The third kappa shape index (κ3) is 3.52. The first-order valence-electron chi connectivity index (χ1n) is 5.58. The molecular formula is C15H15O2. The molecule has 17 heavy (non-hydrogen) atoms. The van der Waals surface area contributed by atoms with E-state index in [4.69, 9.17) is 9.15 Å². The fourth-order valence-corrected chi connectivity index (χ4v) is 1.50. The largest absolute Gasteiger partial charge is 0.490 e. The van der Waals surface area contributed by atoms with Crippen LogP contribution >= 0.6 is 0 Å². The van der Waals surface area contributed by atoms with Gasteiger partial charge in [0.2, 0.25) is 0 Å². The van der Waals surface area contributed by atoms with E-state index in [-0.39, 0.29) is 0 Å². The SMILES string of the molecule is C=CCOc1ccc(C[CH]c2ccco2)cc1. The zero-order valence-electron chi connectivity index (χ0n) is 9.63. The summed E-state index contributed by atoms with van der Waals surface area (Å²) in [6.45, 7) is 4.15. The Bertz CT molecular complexity index is 440. The van der Waals surface area contributed by atoms with Gasteiger partial charge in [-0.05, 0) is 36.2 Å². The van der Waals surface area contributed by atoms with E-state index in [9.17, 15) is 0 Å². The normalized spacial score (nSPS) is 10.1. The van der Waals surface area contributed by atoms with Gasteiger partial charge in [0, 0.05) is 6.42 Å². The van der Waals surface area contributed by atoms with Gasteiger partial charge in [0.25, 0.3) is 0 Å². The van der Waals surface area contributed by atoms with Crippen molar-refractivity contribution in [3.63, 3.8) is 0 Å². The van der Waals surface area contributed by atoms with Crippen LogP contribution in [0, 0.1) is 6.42 Å². The van der Waals surface area contributed by atoms with Crippen LogP contribution in [0.3, 0.4) is 0 Å². The van der Waals surface area contributed by atoms with E-state index in [0.29, 0.717) is 6.61 Å². The molecule has 0 amide bonds. The van der Waals surface area contributed by atoms with E-state index in [2.05, 4.69) is 25.1 Å². The second kappa shape index (κ2) is 5.94. The Kier molecular flexibility index (Phi) is 4.03. The molecule has 0 fully saturated rings. The van der Waals surface area contributed by atoms with Gasteiger partial charge in [0.1, 0.15) is 18.1 Å². The van der Waals surface area contributed by atoms with Crippen LogP contribution in [0.1, 0.15) is 11.3 Å². The van der Waals surface area contributed by atoms with Gasteiger partial charge in [0.15, 0.2) is 0 Å². The van der Waals surface area contributed by atoms with Crippen molar-refractivity contribution >= 4 is 0 Å². The molecule has 0 unspecified atom stereocenters. The predicted molar refractivity (Wildman–Crippen MR) is 67.9 cm³/mol. The Labute approximate surface area is 102 Å². The number of ether oxygens (including phenoxy) is 1. The first-order chi connectivity index (χ1) is 8.38. The zero-order valence-corrected chi connectivity index (χ0v) is 9.63. The standard InChI is InChI=1S/C15H15O2/c1-2-11-16-15-9-6-13(7-10-15)5-8-14-4-3-12-17-14/h2-4,6-10,12H,1,5,11H2. The second-order valence-electron chi connectivity index (χ2n) is 3.67. The van der Waals surface area contributed by atoms with Crippen LogP contribution in [0.4, 0.5) is 0 Å². The van der Waals surface area contributed by atoms with E-state index in [1.807, 2.05) is 24.3 Å². The van der Waals surface area contributed by atoms with Crippen molar-refractivity contribution < 1.29 is 9.15 Å². The maximum atomic E-state index is 5.41. The van der Waals surface area contributed by atoms with Crippen molar-refractivity contribution in [2.75, 3.05) is 6.61 Å². The number of furan rings is 1. The van der Waals surface area contributed by atoms with Crippen molar-refractivity contribution in [2.24, 2.45) is 0 Å². The van der Waals surface area contributed by atoms with Crippen LogP contribution in [-0.2, 0) is 6.42 Å². The number of hydrogen-bond acceptors (Lipinski definition) is 2. The first-order valence-corrected chi connectivity index (χ1v) is 5.58. The molecule has 1 radical (unpaired) electrons. The third-order valence-electron chi connectivity index (χ3n) is 2.37. The molecule has 0 aliphatic carbocycles. The highest BCUT2D eigenvalue weighted by Gasteiger charge is 1.99. The van der Waals surface area contributed by atoms with Gasteiger partial charge < -0.3 is 9.15 Å². The minimum absolute atomic E-state index is 0.540. The quantitative estimate of drug-likeness (QED) is 0.703. The lowest BCUT2D eigenvalue weighted by Crippen LogP contribution is -1.93. The average molecular weight is 227 g/mol. The van der Waals surface area contributed by atoms with Crippen LogP contribution in [0.15, 0.2) is 59.7 Å². The molecule has 2 heteroatoms. The fourth-order valence-electron chi connectivity index (χ4n) is 1.50. The molecule has 0 saturated heterocycles. The summed E-state index contributed by atoms with van der Waals surface area (Å²) in [5.41, 5.74) is 1.23. The Balaban J connectivity index is 1.87. The summed E-state index contributed by atoms with van der Waals surface area (Å²) in [6, 6.07) is 11.9. The van der Waals surface area contributed by atoms with Crippen LogP contribution in [0.5, 0.6) is 5.75 Å². The molecule has 1 aromatic carbocycles. The summed E-state index contributed by atoms with van der Waals surface area (Å²) in [5, 5.41) is 0. The molecule has 1 aromatic heterocycles. The molecule has 2 nitrogen and oxygen atoms in total. The Morgan fingerprint density at radius 3 is 2.65 bits per heavy atom. The molecule has 2 aromatic rings. The highest BCUT2D eigenvalue weighted by atomic mass is 16.5. The lowest BCUT2D eigenvalue weighted by atomic mass is 10.1. The van der Waals surface area contributed by atoms with E-state index >= 15 is 0 Å². The maximum Gasteiger partial charge on any atom is 0.119 e. The van der Waals surface area contributed by atoms with Crippen molar-refractivity contribution in [2.45, 2.75) is 6.42 Å². The molecule has 0 aliphatic rings. The average Bonchev–Trinajstić information content (AvgIpc) is 2.88. The van der Waals surface area contributed by atoms with Gasteiger partial charge in [-0.15, -0.1) is 0 Å². The highest BCUT2D eigenvalue weighted by Crippen LogP contribution is 2.15. The van der Waals surface area contributed by atoms with Crippen LogP contribution in [0.2, 0.25) is 0 Å². The monoisotopic (exact) mass is 227 g/mol. The van der Waals surface area contributed by atoms with E-state index in [1.165, 1.54) is 5.56 Å². The summed E-state index contributed by atoms with van der Waals surface area (Å²) in [5.74, 6) is 1.77. The molecule has 0 spiro atoms. The summed E-state index contributed by atoms with van der Waals surface area (Å²) in [6.07, 6.45) is 6.32. The topological polar surface area (TPSA) is 22.4 Å². The fraction of sp³-hybridized carbons (Fsp3) is 0.133. The predicted octanol–water partition coefficient (Wildman–Crippen LogP) is 3.64. The van der Waals surface area contributed by atoms with E-state index in [1.54, 1.807) is 12.3 Å². The van der Waals surface area contributed by atoms with Gasteiger partial charge in [-0.3, -0.25) is 0 Å².